The largest absolute Gasteiger partial charge is 0.346 e. The van der Waals surface area contributed by atoms with E-state index in [0.717, 1.165) is 9.05 Å². The van der Waals surface area contributed by atoms with Gasteiger partial charge in [-0.25, -0.2) is 0 Å². The Morgan fingerprint density at radius 2 is 1.93 bits per heavy atom. The molecule has 0 amide bonds. The topological polar surface area (TPSA) is 29.0 Å². The Labute approximate surface area is 97.7 Å². The van der Waals surface area contributed by atoms with Gasteiger partial charge >= 0.3 is 0 Å². The van der Waals surface area contributed by atoms with Gasteiger partial charge in [0.05, 0.1) is 0 Å². The summed E-state index contributed by atoms with van der Waals surface area (Å²) in [4.78, 5) is 2.17. The SMILES string of the molecule is CC(N(C)c1nnc(Br)s1)C(C)(C)C. The normalized spacial score (nSPS) is 14.1. The maximum atomic E-state index is 4.10. The second kappa shape index (κ2) is 4.14. The molecular formula is C9H16BrN3S. The lowest BCUT2D eigenvalue weighted by molar-refractivity contribution is 0.329. The van der Waals surface area contributed by atoms with Gasteiger partial charge in [0.25, 0.3) is 0 Å². The lowest BCUT2D eigenvalue weighted by Crippen LogP contribution is -2.39. The van der Waals surface area contributed by atoms with Gasteiger partial charge in [-0.05, 0) is 28.3 Å². The third-order valence-electron chi connectivity index (χ3n) is 2.53. The number of aromatic nitrogens is 2. The molecule has 0 aliphatic carbocycles. The van der Waals surface area contributed by atoms with Crippen LogP contribution in [0.2, 0.25) is 0 Å². The molecule has 5 heteroatoms. The highest BCUT2D eigenvalue weighted by atomic mass is 79.9. The van der Waals surface area contributed by atoms with Crippen molar-refractivity contribution < 1.29 is 0 Å². The standard InChI is InChI=1S/C9H16BrN3S/c1-6(9(2,3)4)13(5)8-12-11-7(10)14-8/h6H,1-5H3. The molecule has 0 spiro atoms. The van der Waals surface area contributed by atoms with Crippen molar-refractivity contribution in [1.29, 1.82) is 0 Å². The Morgan fingerprint density at radius 3 is 2.29 bits per heavy atom. The fourth-order valence-corrected chi connectivity index (χ4v) is 2.22. The highest BCUT2D eigenvalue weighted by Gasteiger charge is 2.25. The van der Waals surface area contributed by atoms with E-state index >= 15 is 0 Å². The molecule has 1 rings (SSSR count). The van der Waals surface area contributed by atoms with Gasteiger partial charge < -0.3 is 4.90 Å². The van der Waals surface area contributed by atoms with Crippen molar-refractivity contribution >= 4 is 32.4 Å². The fraction of sp³-hybridized carbons (Fsp3) is 0.778. The maximum Gasteiger partial charge on any atom is 0.209 e. The van der Waals surface area contributed by atoms with Crippen molar-refractivity contribution in [3.05, 3.63) is 3.92 Å². The number of hydrogen-bond donors (Lipinski definition) is 0. The minimum Gasteiger partial charge on any atom is -0.346 e. The Morgan fingerprint density at radius 1 is 1.36 bits per heavy atom. The molecule has 1 unspecified atom stereocenters. The van der Waals surface area contributed by atoms with Gasteiger partial charge in [0.15, 0.2) is 3.92 Å². The molecule has 0 aliphatic heterocycles. The molecule has 0 aromatic carbocycles. The van der Waals surface area contributed by atoms with Crippen LogP contribution in [0.1, 0.15) is 27.7 Å². The van der Waals surface area contributed by atoms with Crippen molar-refractivity contribution in [3.8, 4) is 0 Å². The summed E-state index contributed by atoms with van der Waals surface area (Å²) in [5.74, 6) is 0. The number of rotatable bonds is 2. The van der Waals surface area contributed by atoms with Crippen LogP contribution < -0.4 is 4.90 Å². The highest BCUT2D eigenvalue weighted by molar-refractivity contribution is 9.11. The van der Waals surface area contributed by atoms with Crippen LogP contribution >= 0.6 is 27.3 Å². The van der Waals surface area contributed by atoms with Crippen LogP contribution in [-0.4, -0.2) is 23.3 Å². The summed E-state index contributed by atoms with van der Waals surface area (Å²) in [5, 5.41) is 9.00. The summed E-state index contributed by atoms with van der Waals surface area (Å²) < 4.78 is 0.834. The molecule has 0 saturated carbocycles. The van der Waals surface area contributed by atoms with Gasteiger partial charge in [-0.2, -0.15) is 0 Å². The van der Waals surface area contributed by atoms with E-state index in [0.29, 0.717) is 6.04 Å². The number of nitrogens with zero attached hydrogens (tertiary/aromatic N) is 3. The van der Waals surface area contributed by atoms with E-state index in [4.69, 9.17) is 0 Å². The molecule has 14 heavy (non-hydrogen) atoms. The molecule has 0 bridgehead atoms. The van der Waals surface area contributed by atoms with Crippen molar-refractivity contribution in [3.63, 3.8) is 0 Å². The third-order valence-corrected chi connectivity index (χ3v) is 3.97. The maximum absolute atomic E-state index is 4.10. The predicted octanol–water partition coefficient (Wildman–Crippen LogP) is 3.17. The van der Waals surface area contributed by atoms with Crippen LogP contribution in [-0.2, 0) is 0 Å². The van der Waals surface area contributed by atoms with E-state index in [1.807, 2.05) is 0 Å². The molecule has 0 aliphatic rings. The molecule has 80 valence electrons. The van der Waals surface area contributed by atoms with Crippen LogP contribution in [0, 0.1) is 5.41 Å². The first-order chi connectivity index (χ1) is 6.32. The Kier molecular flexibility index (Phi) is 3.53. The second-order valence-corrected chi connectivity index (χ2v) is 6.72. The first-order valence-electron chi connectivity index (χ1n) is 4.54. The molecule has 0 fully saturated rings. The van der Waals surface area contributed by atoms with Crippen molar-refractivity contribution in [1.82, 2.24) is 10.2 Å². The first kappa shape index (κ1) is 11.9. The van der Waals surface area contributed by atoms with Gasteiger partial charge in [-0.15, -0.1) is 10.2 Å². The lowest BCUT2D eigenvalue weighted by atomic mass is 9.87. The van der Waals surface area contributed by atoms with Gasteiger partial charge in [0.2, 0.25) is 5.13 Å². The number of anilines is 1. The average Bonchev–Trinajstić information content (AvgIpc) is 2.47. The van der Waals surface area contributed by atoms with Crippen molar-refractivity contribution in [2.45, 2.75) is 33.7 Å². The quantitative estimate of drug-likeness (QED) is 0.832. The molecular weight excluding hydrogens is 262 g/mol. The first-order valence-corrected chi connectivity index (χ1v) is 6.15. The van der Waals surface area contributed by atoms with E-state index in [2.05, 4.69) is 65.8 Å². The minimum atomic E-state index is 0.243. The zero-order chi connectivity index (χ0) is 10.9. The van der Waals surface area contributed by atoms with Gasteiger partial charge in [0, 0.05) is 13.1 Å². The van der Waals surface area contributed by atoms with Crippen LogP contribution in [0.4, 0.5) is 5.13 Å². The molecule has 1 atom stereocenters. The molecule has 0 N–H and O–H groups in total. The van der Waals surface area contributed by atoms with Crippen LogP contribution in [0.25, 0.3) is 0 Å². The zero-order valence-electron chi connectivity index (χ0n) is 9.21. The van der Waals surface area contributed by atoms with E-state index in [1.54, 1.807) is 11.3 Å². The Balaban J connectivity index is 2.80. The molecule has 1 aromatic heterocycles. The molecule has 3 nitrogen and oxygen atoms in total. The molecule has 1 aromatic rings. The van der Waals surface area contributed by atoms with Crippen molar-refractivity contribution in [2.24, 2.45) is 5.41 Å². The number of halogens is 1. The summed E-state index contributed by atoms with van der Waals surface area (Å²) in [6, 6.07) is 0.433. The van der Waals surface area contributed by atoms with Crippen molar-refractivity contribution in [2.75, 3.05) is 11.9 Å². The average molecular weight is 278 g/mol. The zero-order valence-corrected chi connectivity index (χ0v) is 11.6. The monoisotopic (exact) mass is 277 g/mol. The molecule has 0 saturated heterocycles. The third kappa shape index (κ3) is 2.67. The van der Waals surface area contributed by atoms with Gasteiger partial charge in [-0.1, -0.05) is 32.1 Å². The van der Waals surface area contributed by atoms with Gasteiger partial charge in [-0.3, -0.25) is 0 Å². The lowest BCUT2D eigenvalue weighted by Gasteiger charge is -2.34. The van der Waals surface area contributed by atoms with E-state index in [-0.39, 0.29) is 5.41 Å². The smallest absolute Gasteiger partial charge is 0.209 e. The van der Waals surface area contributed by atoms with E-state index in [9.17, 15) is 0 Å². The van der Waals surface area contributed by atoms with Crippen LogP contribution in [0.15, 0.2) is 3.92 Å². The number of hydrogen-bond acceptors (Lipinski definition) is 4. The molecule has 1 heterocycles. The van der Waals surface area contributed by atoms with E-state index in [1.165, 1.54) is 0 Å². The summed E-state index contributed by atoms with van der Waals surface area (Å²) in [6.07, 6.45) is 0. The summed E-state index contributed by atoms with van der Waals surface area (Å²) in [5.41, 5.74) is 0.243. The highest BCUT2D eigenvalue weighted by Crippen LogP contribution is 2.30. The second-order valence-electron chi connectivity index (χ2n) is 4.49. The van der Waals surface area contributed by atoms with Gasteiger partial charge in [0.1, 0.15) is 0 Å². The summed E-state index contributed by atoms with van der Waals surface area (Å²) in [7, 11) is 2.06. The minimum absolute atomic E-state index is 0.243. The van der Waals surface area contributed by atoms with E-state index < -0.39 is 0 Å². The fourth-order valence-electron chi connectivity index (χ4n) is 1.09. The van der Waals surface area contributed by atoms with Crippen LogP contribution in [0.5, 0.6) is 0 Å². The Hall–Kier alpha value is -0.160. The summed E-state index contributed by atoms with van der Waals surface area (Å²) in [6.45, 7) is 8.88. The molecule has 0 radical (unpaired) electrons. The van der Waals surface area contributed by atoms with Crippen LogP contribution in [0.3, 0.4) is 0 Å². The Bertz CT molecular complexity index is 305. The predicted molar refractivity (Wildman–Crippen MR) is 64.9 cm³/mol. The summed E-state index contributed by atoms with van der Waals surface area (Å²) >= 11 is 4.88.